The Morgan fingerprint density at radius 1 is 0.897 bits per heavy atom. The second kappa shape index (κ2) is 9.31. The normalized spacial score (nSPS) is 19.4. The quantitative estimate of drug-likeness (QED) is 0.277. The Hall–Kier alpha value is -2.54. The van der Waals surface area contributed by atoms with E-state index in [0.29, 0.717) is 5.56 Å². The van der Waals surface area contributed by atoms with Crippen molar-refractivity contribution >= 4 is 12.2 Å². The van der Waals surface area contributed by atoms with Gasteiger partial charge in [-0.25, -0.2) is 17.6 Å². The zero-order chi connectivity index (χ0) is 21.0. The van der Waals surface area contributed by atoms with Crippen molar-refractivity contribution in [3.8, 4) is 12.3 Å². The van der Waals surface area contributed by atoms with Crippen LogP contribution in [0.1, 0.15) is 73.6 Å². The zero-order valence-electron chi connectivity index (χ0n) is 16.5. The minimum Gasteiger partial charge on any atom is -0.206 e. The smallest absolute Gasteiger partial charge is 0.142 e. The van der Waals surface area contributed by atoms with Gasteiger partial charge in [-0.05, 0) is 79.0 Å². The lowest BCUT2D eigenvalue weighted by Crippen LogP contribution is -2.13. The molecular weight excluding hydrogens is 376 g/mol. The number of halogens is 4. The molecule has 0 amide bonds. The third kappa shape index (κ3) is 4.90. The molecule has 0 radical (unpaired) electrons. The van der Waals surface area contributed by atoms with Crippen molar-refractivity contribution in [1.82, 2.24) is 0 Å². The molecular formula is C25H24F4. The number of hydrogen-bond acceptors (Lipinski definition) is 0. The molecule has 2 aromatic rings. The van der Waals surface area contributed by atoms with Crippen LogP contribution in [-0.4, -0.2) is 0 Å². The van der Waals surface area contributed by atoms with Crippen LogP contribution in [0.5, 0.6) is 0 Å². The molecule has 0 N–H and O–H groups in total. The Labute approximate surface area is 169 Å². The predicted octanol–water partition coefficient (Wildman–Crippen LogP) is 7.47. The van der Waals surface area contributed by atoms with Crippen LogP contribution in [0.2, 0.25) is 0 Å². The Balaban J connectivity index is 1.78. The summed E-state index contributed by atoms with van der Waals surface area (Å²) < 4.78 is 56.7. The van der Waals surface area contributed by atoms with Crippen molar-refractivity contribution in [2.75, 3.05) is 0 Å². The minimum atomic E-state index is -0.887. The molecule has 3 rings (SSSR count). The Morgan fingerprint density at radius 3 is 2.00 bits per heavy atom. The molecule has 0 bridgehead atoms. The molecule has 1 saturated carbocycles. The van der Waals surface area contributed by atoms with E-state index in [2.05, 4.69) is 6.92 Å². The summed E-state index contributed by atoms with van der Waals surface area (Å²) in [6.07, 6.45) is 14.0. The average molecular weight is 400 g/mol. The van der Waals surface area contributed by atoms with Gasteiger partial charge in [0.2, 0.25) is 0 Å². The van der Waals surface area contributed by atoms with E-state index < -0.39 is 28.8 Å². The van der Waals surface area contributed by atoms with Gasteiger partial charge >= 0.3 is 0 Å². The lowest BCUT2D eigenvalue weighted by atomic mass is 9.77. The number of hydrogen-bond donors (Lipinski definition) is 0. The highest BCUT2D eigenvalue weighted by Gasteiger charge is 2.23. The summed E-state index contributed by atoms with van der Waals surface area (Å²) >= 11 is 0. The second-order valence-electron chi connectivity index (χ2n) is 7.74. The van der Waals surface area contributed by atoms with E-state index in [1.807, 2.05) is 5.92 Å². The van der Waals surface area contributed by atoms with Gasteiger partial charge in [0.15, 0.2) is 0 Å². The molecule has 0 nitrogen and oxygen atoms in total. The first-order valence-corrected chi connectivity index (χ1v) is 10.1. The van der Waals surface area contributed by atoms with E-state index in [1.165, 1.54) is 37.1 Å². The van der Waals surface area contributed by atoms with Crippen LogP contribution >= 0.6 is 0 Å². The van der Waals surface area contributed by atoms with Gasteiger partial charge in [0.1, 0.15) is 23.3 Å². The lowest BCUT2D eigenvalue weighted by molar-refractivity contribution is 0.307. The van der Waals surface area contributed by atoms with Gasteiger partial charge in [-0.2, -0.15) is 0 Å². The number of terminal acetylenes is 1. The highest BCUT2D eigenvalue weighted by Crippen LogP contribution is 2.38. The Morgan fingerprint density at radius 2 is 1.48 bits per heavy atom. The van der Waals surface area contributed by atoms with E-state index >= 15 is 0 Å². The largest absolute Gasteiger partial charge is 0.206 e. The van der Waals surface area contributed by atoms with Crippen molar-refractivity contribution in [2.24, 2.45) is 5.92 Å². The zero-order valence-corrected chi connectivity index (χ0v) is 16.5. The van der Waals surface area contributed by atoms with Gasteiger partial charge in [-0.15, -0.1) is 6.42 Å². The van der Waals surface area contributed by atoms with Gasteiger partial charge in [-0.3, -0.25) is 0 Å². The Bertz CT molecular complexity index is 898. The first kappa shape index (κ1) is 21.2. The molecule has 0 aromatic heterocycles. The van der Waals surface area contributed by atoms with Crippen molar-refractivity contribution in [3.63, 3.8) is 0 Å². The van der Waals surface area contributed by atoms with Crippen LogP contribution in [0.15, 0.2) is 24.3 Å². The fourth-order valence-corrected chi connectivity index (χ4v) is 4.20. The fraction of sp³-hybridized carbons (Fsp3) is 0.360. The minimum absolute atomic E-state index is 0.135. The highest BCUT2D eigenvalue weighted by molar-refractivity contribution is 5.70. The summed E-state index contributed by atoms with van der Waals surface area (Å²) in [5.41, 5.74) is 0.131. The third-order valence-electron chi connectivity index (χ3n) is 5.77. The number of rotatable bonds is 5. The van der Waals surface area contributed by atoms with Crippen LogP contribution in [0.25, 0.3) is 12.2 Å². The molecule has 0 saturated heterocycles. The van der Waals surface area contributed by atoms with Crippen molar-refractivity contribution in [2.45, 2.75) is 51.4 Å². The van der Waals surface area contributed by atoms with Gasteiger partial charge in [0.05, 0.1) is 5.56 Å². The van der Waals surface area contributed by atoms with Crippen LogP contribution in [0.3, 0.4) is 0 Å². The van der Waals surface area contributed by atoms with Crippen molar-refractivity contribution < 1.29 is 17.6 Å². The maximum absolute atomic E-state index is 14.6. The summed E-state index contributed by atoms with van der Waals surface area (Å²) in [6, 6.07) is 4.84. The van der Waals surface area contributed by atoms with Crippen LogP contribution in [0.4, 0.5) is 17.6 Å². The van der Waals surface area contributed by atoms with Crippen LogP contribution < -0.4 is 0 Å². The van der Waals surface area contributed by atoms with Gasteiger partial charge in [-0.1, -0.05) is 31.8 Å². The van der Waals surface area contributed by atoms with Gasteiger partial charge in [0, 0.05) is 5.56 Å². The first-order chi connectivity index (χ1) is 13.9. The molecule has 1 aliphatic rings. The molecule has 0 aliphatic heterocycles. The van der Waals surface area contributed by atoms with Gasteiger partial charge in [0.25, 0.3) is 0 Å². The van der Waals surface area contributed by atoms with E-state index in [-0.39, 0.29) is 17.0 Å². The van der Waals surface area contributed by atoms with Crippen LogP contribution in [-0.2, 0) is 0 Å². The Kier molecular flexibility index (Phi) is 6.79. The van der Waals surface area contributed by atoms with Crippen molar-refractivity contribution in [3.05, 3.63) is 69.8 Å². The van der Waals surface area contributed by atoms with E-state index in [4.69, 9.17) is 6.42 Å². The number of benzene rings is 2. The topological polar surface area (TPSA) is 0 Å². The SMILES string of the molecule is C#Cc1c(F)cc(/C=C/c2c(F)cc(C3CCC(CCC)CC3)cc2F)cc1F. The van der Waals surface area contributed by atoms with Gasteiger partial charge < -0.3 is 0 Å². The summed E-state index contributed by atoms with van der Waals surface area (Å²) in [5, 5.41) is 0. The summed E-state index contributed by atoms with van der Waals surface area (Å²) in [4.78, 5) is 0. The summed E-state index contributed by atoms with van der Waals surface area (Å²) in [5.74, 6) is -0.296. The molecule has 1 fully saturated rings. The van der Waals surface area contributed by atoms with Crippen LogP contribution in [0, 0.1) is 41.5 Å². The fourth-order valence-electron chi connectivity index (χ4n) is 4.20. The average Bonchev–Trinajstić information content (AvgIpc) is 2.68. The second-order valence-corrected chi connectivity index (χ2v) is 7.74. The first-order valence-electron chi connectivity index (χ1n) is 10.1. The highest BCUT2D eigenvalue weighted by atomic mass is 19.1. The molecule has 1 aliphatic carbocycles. The summed E-state index contributed by atoms with van der Waals surface area (Å²) in [6.45, 7) is 2.18. The molecule has 0 atom stereocenters. The summed E-state index contributed by atoms with van der Waals surface area (Å²) in [7, 11) is 0. The maximum atomic E-state index is 14.6. The van der Waals surface area contributed by atoms with E-state index in [0.717, 1.165) is 43.7 Å². The third-order valence-corrected chi connectivity index (χ3v) is 5.77. The molecule has 4 heteroatoms. The molecule has 0 heterocycles. The lowest BCUT2D eigenvalue weighted by Gasteiger charge is -2.28. The van der Waals surface area contributed by atoms with Crippen molar-refractivity contribution in [1.29, 1.82) is 0 Å². The standard InChI is InChI=1S/C25H24F4/c1-3-5-16-6-9-18(10-7-16)19-14-24(28)21(25(29)15-19)11-8-17-12-22(26)20(4-2)23(27)13-17/h2,8,11-16,18H,3,5-7,9-10H2,1H3/b11-8+. The molecule has 152 valence electrons. The predicted molar refractivity (Wildman–Crippen MR) is 109 cm³/mol. The monoisotopic (exact) mass is 400 g/mol. The van der Waals surface area contributed by atoms with E-state index in [1.54, 1.807) is 0 Å². The van der Waals surface area contributed by atoms with E-state index in [9.17, 15) is 17.6 Å². The maximum Gasteiger partial charge on any atom is 0.142 e. The molecule has 29 heavy (non-hydrogen) atoms. The molecule has 2 aromatic carbocycles. The molecule has 0 spiro atoms. The molecule has 0 unspecified atom stereocenters.